The fourth-order valence-electron chi connectivity index (χ4n) is 2.31. The van der Waals surface area contributed by atoms with Gasteiger partial charge in [0.1, 0.15) is 5.82 Å². The summed E-state index contributed by atoms with van der Waals surface area (Å²) >= 11 is 7.52. The van der Waals surface area contributed by atoms with E-state index in [2.05, 4.69) is 20.6 Å². The third kappa shape index (κ3) is 4.21. The number of thiophene rings is 1. The van der Waals surface area contributed by atoms with Gasteiger partial charge in [0.15, 0.2) is 0 Å². The molecular formula is C17H17ClN4OS. The molecule has 0 aliphatic heterocycles. The Labute approximate surface area is 149 Å². The zero-order chi connectivity index (χ0) is 16.8. The van der Waals surface area contributed by atoms with Crippen molar-refractivity contribution in [2.24, 2.45) is 0 Å². The van der Waals surface area contributed by atoms with E-state index in [0.717, 1.165) is 35.4 Å². The highest BCUT2D eigenvalue weighted by Crippen LogP contribution is 2.27. The number of aromatic nitrogens is 2. The second-order valence-corrected chi connectivity index (χ2v) is 6.49. The summed E-state index contributed by atoms with van der Waals surface area (Å²) in [7, 11) is 0. The highest BCUT2D eigenvalue weighted by atomic mass is 35.5. The van der Waals surface area contributed by atoms with Crippen molar-refractivity contribution in [3.05, 3.63) is 52.6 Å². The molecule has 0 saturated carbocycles. The van der Waals surface area contributed by atoms with Crippen LogP contribution in [0, 0.1) is 0 Å². The molecule has 1 aromatic carbocycles. The van der Waals surface area contributed by atoms with Crippen LogP contribution in [-0.4, -0.2) is 29.0 Å². The first kappa shape index (κ1) is 16.7. The average Bonchev–Trinajstić information content (AvgIpc) is 3.06. The number of carbonyl (C=O) groups excluding carboxylic acids is 1. The van der Waals surface area contributed by atoms with Crippen LogP contribution in [0.4, 0.5) is 5.82 Å². The maximum Gasteiger partial charge on any atom is 0.251 e. The molecule has 2 N–H and O–H groups in total. The first-order valence-corrected chi connectivity index (χ1v) is 8.97. The van der Waals surface area contributed by atoms with E-state index >= 15 is 0 Å². The van der Waals surface area contributed by atoms with Gasteiger partial charge in [0.05, 0.1) is 10.2 Å². The van der Waals surface area contributed by atoms with Gasteiger partial charge in [0, 0.05) is 18.7 Å². The van der Waals surface area contributed by atoms with Gasteiger partial charge in [-0.15, -0.1) is 11.3 Å². The van der Waals surface area contributed by atoms with E-state index in [0.29, 0.717) is 12.1 Å². The van der Waals surface area contributed by atoms with E-state index < -0.39 is 0 Å². The van der Waals surface area contributed by atoms with E-state index in [1.165, 1.54) is 0 Å². The molecule has 0 atom stereocenters. The molecule has 3 rings (SSSR count). The Balaban J connectivity index is 1.41. The fourth-order valence-corrected chi connectivity index (χ4v) is 3.28. The van der Waals surface area contributed by atoms with Crippen LogP contribution in [0.3, 0.4) is 0 Å². The molecule has 0 aliphatic carbocycles. The van der Waals surface area contributed by atoms with Gasteiger partial charge in [-0.25, -0.2) is 4.98 Å². The van der Waals surface area contributed by atoms with Gasteiger partial charge in [-0.1, -0.05) is 18.2 Å². The molecule has 0 spiro atoms. The first-order chi connectivity index (χ1) is 11.7. The van der Waals surface area contributed by atoms with E-state index in [1.807, 2.05) is 41.8 Å². The molecule has 0 unspecified atom stereocenters. The van der Waals surface area contributed by atoms with Crippen molar-refractivity contribution in [3.63, 3.8) is 0 Å². The maximum atomic E-state index is 11.9. The third-order valence-electron chi connectivity index (χ3n) is 3.49. The maximum absolute atomic E-state index is 11.9. The van der Waals surface area contributed by atoms with Crippen LogP contribution < -0.4 is 10.6 Å². The number of carbonyl (C=O) groups is 1. The van der Waals surface area contributed by atoms with Crippen molar-refractivity contribution in [1.29, 1.82) is 0 Å². The van der Waals surface area contributed by atoms with Crippen LogP contribution in [0.5, 0.6) is 0 Å². The number of hydrogen-bond acceptors (Lipinski definition) is 5. The van der Waals surface area contributed by atoms with Crippen molar-refractivity contribution in [2.45, 2.75) is 12.8 Å². The molecule has 2 heterocycles. The second kappa shape index (κ2) is 8.08. The summed E-state index contributed by atoms with van der Waals surface area (Å²) in [5.74, 6) is 0.736. The second-order valence-electron chi connectivity index (χ2n) is 5.23. The molecule has 1 amide bonds. The predicted octanol–water partition coefficient (Wildman–Crippen LogP) is 3.97. The Bertz CT molecular complexity index is 822. The number of fused-ring (bicyclic) bond motifs is 1. The molecule has 24 heavy (non-hydrogen) atoms. The molecule has 0 saturated heterocycles. The van der Waals surface area contributed by atoms with Crippen LogP contribution in [0.15, 0.2) is 41.8 Å². The topological polar surface area (TPSA) is 66.9 Å². The van der Waals surface area contributed by atoms with Crippen LogP contribution in [-0.2, 0) is 0 Å². The number of unbranched alkanes of at least 4 members (excludes halogenated alkanes) is 1. The molecule has 0 fully saturated rings. The standard InChI is InChI=1S/C17H17ClN4OS/c18-17-21-13-8-11-24-14(13)15(22-17)19-9-4-5-10-20-16(23)12-6-2-1-3-7-12/h1-3,6-8,11H,4-5,9-10H2,(H,20,23)(H,19,21,22). The number of anilines is 1. The smallest absolute Gasteiger partial charge is 0.251 e. The lowest BCUT2D eigenvalue weighted by Crippen LogP contribution is -2.24. The van der Waals surface area contributed by atoms with Gasteiger partial charge in [-0.05, 0) is 48.0 Å². The van der Waals surface area contributed by atoms with Crippen molar-refractivity contribution >= 4 is 44.9 Å². The fraction of sp³-hybridized carbons (Fsp3) is 0.235. The summed E-state index contributed by atoms with van der Waals surface area (Å²) < 4.78 is 1.01. The molecule has 5 nitrogen and oxygen atoms in total. The first-order valence-electron chi connectivity index (χ1n) is 7.72. The quantitative estimate of drug-likeness (QED) is 0.494. The largest absolute Gasteiger partial charge is 0.369 e. The number of nitrogens with one attached hydrogen (secondary N) is 2. The predicted molar refractivity (Wildman–Crippen MR) is 98.9 cm³/mol. The Kier molecular flexibility index (Phi) is 5.61. The number of hydrogen-bond donors (Lipinski definition) is 2. The van der Waals surface area contributed by atoms with Crippen molar-refractivity contribution in [1.82, 2.24) is 15.3 Å². The van der Waals surface area contributed by atoms with E-state index in [4.69, 9.17) is 11.6 Å². The minimum atomic E-state index is -0.0357. The Morgan fingerprint density at radius 2 is 1.88 bits per heavy atom. The normalized spacial score (nSPS) is 10.7. The summed E-state index contributed by atoms with van der Waals surface area (Å²) in [5.41, 5.74) is 1.55. The minimum absolute atomic E-state index is 0.0357. The molecule has 3 aromatic rings. The van der Waals surface area contributed by atoms with Gasteiger partial charge < -0.3 is 10.6 Å². The monoisotopic (exact) mass is 360 g/mol. The zero-order valence-electron chi connectivity index (χ0n) is 13.0. The molecule has 0 aliphatic rings. The lowest BCUT2D eigenvalue weighted by Gasteiger charge is -2.08. The Hall–Kier alpha value is -2.18. The summed E-state index contributed by atoms with van der Waals surface area (Å²) in [5, 5.41) is 8.44. The lowest BCUT2D eigenvalue weighted by molar-refractivity contribution is 0.0953. The summed E-state index contributed by atoms with van der Waals surface area (Å²) in [4.78, 5) is 20.3. The SMILES string of the molecule is O=C(NCCCCNc1nc(Cl)nc2ccsc12)c1ccccc1. The van der Waals surface area contributed by atoms with E-state index in [-0.39, 0.29) is 11.2 Å². The molecule has 7 heteroatoms. The average molecular weight is 361 g/mol. The minimum Gasteiger partial charge on any atom is -0.369 e. The van der Waals surface area contributed by atoms with Crippen LogP contribution in [0.1, 0.15) is 23.2 Å². The van der Waals surface area contributed by atoms with Gasteiger partial charge in [-0.2, -0.15) is 4.98 Å². The number of nitrogens with zero attached hydrogens (tertiary/aromatic N) is 2. The van der Waals surface area contributed by atoms with Gasteiger partial charge in [0.25, 0.3) is 5.91 Å². The van der Waals surface area contributed by atoms with Crippen molar-refractivity contribution < 1.29 is 4.79 Å². The van der Waals surface area contributed by atoms with Crippen LogP contribution in [0.25, 0.3) is 10.2 Å². The molecular weight excluding hydrogens is 344 g/mol. The summed E-state index contributed by atoms with van der Waals surface area (Å²) in [6.45, 7) is 1.41. The highest BCUT2D eigenvalue weighted by Gasteiger charge is 2.07. The van der Waals surface area contributed by atoms with Gasteiger partial charge in [-0.3, -0.25) is 4.79 Å². The van der Waals surface area contributed by atoms with Crippen LogP contribution >= 0.6 is 22.9 Å². The number of rotatable bonds is 7. The summed E-state index contributed by atoms with van der Waals surface area (Å²) in [6, 6.07) is 11.2. The molecule has 0 bridgehead atoms. The van der Waals surface area contributed by atoms with Crippen molar-refractivity contribution in [3.8, 4) is 0 Å². The lowest BCUT2D eigenvalue weighted by atomic mass is 10.2. The molecule has 124 valence electrons. The Morgan fingerprint density at radius 1 is 1.08 bits per heavy atom. The molecule has 0 radical (unpaired) electrons. The highest BCUT2D eigenvalue weighted by molar-refractivity contribution is 7.17. The van der Waals surface area contributed by atoms with Gasteiger partial charge >= 0.3 is 0 Å². The Morgan fingerprint density at radius 3 is 2.71 bits per heavy atom. The summed E-state index contributed by atoms with van der Waals surface area (Å²) in [6.07, 6.45) is 1.81. The third-order valence-corrected chi connectivity index (χ3v) is 4.57. The number of amides is 1. The van der Waals surface area contributed by atoms with E-state index in [1.54, 1.807) is 11.3 Å². The van der Waals surface area contributed by atoms with Gasteiger partial charge in [0.2, 0.25) is 5.28 Å². The van der Waals surface area contributed by atoms with Crippen LogP contribution in [0.2, 0.25) is 5.28 Å². The van der Waals surface area contributed by atoms with Crippen molar-refractivity contribution in [2.75, 3.05) is 18.4 Å². The number of benzene rings is 1. The number of halogens is 1. The zero-order valence-corrected chi connectivity index (χ0v) is 14.5. The molecule has 2 aromatic heterocycles. The van der Waals surface area contributed by atoms with E-state index in [9.17, 15) is 4.79 Å².